The lowest BCUT2D eigenvalue weighted by Crippen LogP contribution is -2.43. The third-order valence-electron chi connectivity index (χ3n) is 4.76. The number of nitrogens with two attached hydrogens (primary N) is 1. The number of nitrogens with zero attached hydrogens (tertiary/aromatic N) is 1. The Morgan fingerprint density at radius 3 is 2.26 bits per heavy atom. The maximum atomic E-state index is 13.3. The Hall–Kier alpha value is -4.24. The van der Waals surface area contributed by atoms with Crippen LogP contribution in [0.15, 0.2) is 78.9 Å². The number of carbonyl (C=O) groups is 2. The van der Waals surface area contributed by atoms with Gasteiger partial charge in [-0.3, -0.25) is 14.5 Å². The number of terminal acetylenes is 1. The summed E-state index contributed by atoms with van der Waals surface area (Å²) in [6.45, 7) is 0.311. The molecule has 0 saturated carbocycles. The Labute approximate surface area is 181 Å². The van der Waals surface area contributed by atoms with Crippen molar-refractivity contribution >= 4 is 23.2 Å². The molecule has 3 N–H and O–H groups in total. The molecule has 0 fully saturated rings. The van der Waals surface area contributed by atoms with Gasteiger partial charge in [0, 0.05) is 17.9 Å². The van der Waals surface area contributed by atoms with E-state index in [-0.39, 0.29) is 5.91 Å². The van der Waals surface area contributed by atoms with Crippen LogP contribution >= 0.6 is 0 Å². The zero-order chi connectivity index (χ0) is 22.2. The van der Waals surface area contributed by atoms with Crippen molar-refractivity contribution in [2.45, 2.75) is 12.6 Å². The Morgan fingerprint density at radius 2 is 1.68 bits per heavy atom. The van der Waals surface area contributed by atoms with Crippen LogP contribution in [0.5, 0.6) is 5.75 Å². The molecule has 2 amide bonds. The molecule has 0 radical (unpaired) electrons. The number of anilines is 2. The van der Waals surface area contributed by atoms with Gasteiger partial charge >= 0.3 is 5.91 Å². The fourth-order valence-electron chi connectivity index (χ4n) is 3.17. The smallest absolute Gasteiger partial charge is 0.303 e. The van der Waals surface area contributed by atoms with Crippen LogP contribution in [0, 0.1) is 12.3 Å². The minimum atomic E-state index is -0.985. The predicted molar refractivity (Wildman–Crippen MR) is 121 cm³/mol. The first-order valence-corrected chi connectivity index (χ1v) is 9.64. The fourth-order valence-corrected chi connectivity index (χ4v) is 3.17. The van der Waals surface area contributed by atoms with Crippen LogP contribution in [0.2, 0.25) is 0 Å². The van der Waals surface area contributed by atoms with Crippen LogP contribution in [-0.4, -0.2) is 18.9 Å². The fraction of sp³-hybridized carbons (Fsp3) is 0.120. The normalized spacial score (nSPS) is 11.1. The molecule has 31 heavy (non-hydrogen) atoms. The van der Waals surface area contributed by atoms with E-state index in [0.29, 0.717) is 29.2 Å². The molecule has 0 aliphatic rings. The third kappa shape index (κ3) is 5.22. The zero-order valence-corrected chi connectivity index (χ0v) is 17.1. The Kier molecular flexibility index (Phi) is 6.92. The number of benzene rings is 3. The molecule has 6 nitrogen and oxygen atoms in total. The van der Waals surface area contributed by atoms with E-state index in [1.54, 1.807) is 55.6 Å². The van der Waals surface area contributed by atoms with E-state index in [0.717, 1.165) is 5.56 Å². The Morgan fingerprint density at radius 1 is 1.03 bits per heavy atom. The summed E-state index contributed by atoms with van der Waals surface area (Å²) in [4.78, 5) is 27.4. The lowest BCUT2D eigenvalue weighted by atomic mass is 10.0. The number of rotatable bonds is 7. The molecule has 6 heteroatoms. The van der Waals surface area contributed by atoms with Crippen molar-refractivity contribution < 1.29 is 14.3 Å². The minimum absolute atomic E-state index is 0.311. The summed E-state index contributed by atoms with van der Waals surface area (Å²) in [6, 6.07) is 22.1. The van der Waals surface area contributed by atoms with Gasteiger partial charge in [-0.05, 0) is 53.4 Å². The van der Waals surface area contributed by atoms with E-state index in [1.165, 1.54) is 4.90 Å². The number of ether oxygens (including phenoxy) is 1. The average molecular weight is 413 g/mol. The van der Waals surface area contributed by atoms with Crippen LogP contribution in [0.25, 0.3) is 0 Å². The van der Waals surface area contributed by atoms with Crippen molar-refractivity contribution in [3.05, 3.63) is 90.0 Å². The standard InChI is InChI=1S/C25H23N3O3/c1-3-23(29)28(21-13-15-22(31-2)16-14-21)24(19-9-11-20(26)12-10-19)25(30)27-17-18-7-5-4-6-8-18/h1,4-16,24H,17,26H2,2H3,(H,27,30). The highest BCUT2D eigenvalue weighted by molar-refractivity contribution is 6.09. The van der Waals surface area contributed by atoms with Crippen molar-refractivity contribution in [2.24, 2.45) is 0 Å². The summed E-state index contributed by atoms with van der Waals surface area (Å²) in [6.07, 6.45) is 5.45. The molecule has 0 spiro atoms. The SMILES string of the molecule is C#CC(=O)N(c1ccc(OC)cc1)C(C(=O)NCc1ccccc1)c1ccc(N)cc1. The predicted octanol–water partition coefficient (Wildman–Crippen LogP) is 3.30. The van der Waals surface area contributed by atoms with E-state index < -0.39 is 11.9 Å². The van der Waals surface area contributed by atoms with Crippen molar-refractivity contribution in [3.8, 4) is 18.1 Å². The molecule has 3 aromatic carbocycles. The first-order chi connectivity index (χ1) is 15.0. The summed E-state index contributed by atoms with van der Waals surface area (Å²) in [5.41, 5.74) is 8.35. The van der Waals surface area contributed by atoms with Gasteiger partial charge in [0.15, 0.2) is 0 Å². The van der Waals surface area contributed by atoms with Crippen LogP contribution in [0.3, 0.4) is 0 Å². The second-order valence-corrected chi connectivity index (χ2v) is 6.79. The highest BCUT2D eigenvalue weighted by atomic mass is 16.5. The summed E-state index contributed by atoms with van der Waals surface area (Å²) in [5, 5.41) is 2.91. The lowest BCUT2D eigenvalue weighted by Gasteiger charge is -2.30. The molecule has 0 aliphatic carbocycles. The first-order valence-electron chi connectivity index (χ1n) is 9.64. The van der Waals surface area contributed by atoms with Gasteiger partial charge in [-0.2, -0.15) is 0 Å². The van der Waals surface area contributed by atoms with E-state index in [4.69, 9.17) is 16.9 Å². The summed E-state index contributed by atoms with van der Waals surface area (Å²) >= 11 is 0. The lowest BCUT2D eigenvalue weighted by molar-refractivity contribution is -0.125. The van der Waals surface area contributed by atoms with Gasteiger partial charge < -0.3 is 15.8 Å². The summed E-state index contributed by atoms with van der Waals surface area (Å²) < 4.78 is 5.19. The largest absolute Gasteiger partial charge is 0.497 e. The monoisotopic (exact) mass is 413 g/mol. The first kappa shape index (κ1) is 21.5. The summed E-state index contributed by atoms with van der Waals surface area (Å²) in [7, 11) is 1.55. The quantitative estimate of drug-likeness (QED) is 0.460. The molecule has 156 valence electrons. The molecule has 0 heterocycles. The second-order valence-electron chi connectivity index (χ2n) is 6.79. The van der Waals surface area contributed by atoms with E-state index in [1.807, 2.05) is 30.3 Å². The molecule has 0 saturated heterocycles. The molecule has 0 bridgehead atoms. The highest BCUT2D eigenvalue weighted by Crippen LogP contribution is 2.30. The van der Waals surface area contributed by atoms with Crippen LogP contribution in [0.1, 0.15) is 17.2 Å². The van der Waals surface area contributed by atoms with Gasteiger partial charge in [-0.15, -0.1) is 6.42 Å². The number of carbonyl (C=O) groups excluding carboxylic acids is 2. The maximum absolute atomic E-state index is 13.3. The zero-order valence-electron chi connectivity index (χ0n) is 17.1. The second kappa shape index (κ2) is 9.99. The molecule has 3 aromatic rings. The van der Waals surface area contributed by atoms with E-state index >= 15 is 0 Å². The average Bonchev–Trinajstić information content (AvgIpc) is 2.82. The van der Waals surface area contributed by atoms with Crippen molar-refractivity contribution in [2.75, 3.05) is 17.7 Å². The molecule has 0 aliphatic heterocycles. The van der Waals surface area contributed by atoms with Gasteiger partial charge in [-0.1, -0.05) is 42.5 Å². The topological polar surface area (TPSA) is 84.7 Å². The Bertz CT molecular complexity index is 1070. The Balaban J connectivity index is 2.00. The number of hydrogen-bond donors (Lipinski definition) is 2. The number of nitrogens with one attached hydrogen (secondary N) is 1. The molecule has 1 atom stereocenters. The van der Waals surface area contributed by atoms with E-state index in [2.05, 4.69) is 11.2 Å². The molecular formula is C25H23N3O3. The maximum Gasteiger partial charge on any atom is 0.303 e. The van der Waals surface area contributed by atoms with Crippen molar-refractivity contribution in [1.82, 2.24) is 5.32 Å². The van der Waals surface area contributed by atoms with Gasteiger partial charge in [0.1, 0.15) is 11.8 Å². The van der Waals surface area contributed by atoms with Crippen LogP contribution in [-0.2, 0) is 16.1 Å². The number of methoxy groups -OCH3 is 1. The van der Waals surface area contributed by atoms with Crippen LogP contribution < -0.4 is 20.7 Å². The number of hydrogen-bond acceptors (Lipinski definition) is 4. The van der Waals surface area contributed by atoms with Crippen LogP contribution in [0.4, 0.5) is 11.4 Å². The molecular weight excluding hydrogens is 390 g/mol. The van der Waals surface area contributed by atoms with Crippen molar-refractivity contribution in [1.29, 1.82) is 0 Å². The minimum Gasteiger partial charge on any atom is -0.497 e. The van der Waals surface area contributed by atoms with Gasteiger partial charge in [0.25, 0.3) is 0 Å². The number of nitrogen functional groups attached to an aromatic ring is 1. The van der Waals surface area contributed by atoms with Gasteiger partial charge in [-0.25, -0.2) is 0 Å². The molecule has 0 aromatic heterocycles. The van der Waals surface area contributed by atoms with Crippen molar-refractivity contribution in [3.63, 3.8) is 0 Å². The van der Waals surface area contributed by atoms with E-state index in [9.17, 15) is 9.59 Å². The molecule has 3 rings (SSSR count). The molecule has 1 unspecified atom stereocenters. The summed E-state index contributed by atoms with van der Waals surface area (Å²) in [5.74, 6) is 1.75. The number of amides is 2. The highest BCUT2D eigenvalue weighted by Gasteiger charge is 2.32. The third-order valence-corrected chi connectivity index (χ3v) is 4.76. The van der Waals surface area contributed by atoms with Gasteiger partial charge in [0.05, 0.1) is 7.11 Å². The van der Waals surface area contributed by atoms with Gasteiger partial charge in [0.2, 0.25) is 5.91 Å².